The molecule has 4 heterocycles. The first-order valence-corrected chi connectivity index (χ1v) is 7.70. The van der Waals surface area contributed by atoms with Gasteiger partial charge in [0.2, 0.25) is 0 Å². The molecular weight excluding hydrogens is 501 g/mol. The second kappa shape index (κ2) is 17.6. The normalized spacial score (nSPS) is 7.68. The number of nitrogens with one attached hydrogen (secondary N) is 4. The van der Waals surface area contributed by atoms with Crippen molar-refractivity contribution >= 4 is 12.0 Å². The first kappa shape index (κ1) is 26.5. The maximum atomic E-state index is 7.43. The predicted octanol–water partition coefficient (Wildman–Crippen LogP) is 2.02. The summed E-state index contributed by atoms with van der Waals surface area (Å²) in [4.78, 5) is 32.9. The largest absolute Gasteiger partial charge is 2.00 e. The molecule has 15 heteroatoms. The summed E-state index contributed by atoms with van der Waals surface area (Å²) in [5.74, 6) is 3.07. The van der Waals surface area contributed by atoms with Crippen molar-refractivity contribution in [1.29, 1.82) is 10.5 Å². The minimum absolute atomic E-state index is 0. The van der Waals surface area contributed by atoms with Gasteiger partial charge in [-0.05, 0) is 0 Å². The minimum atomic E-state index is 0. The number of aromatic nitrogens is 8. The fourth-order valence-electron chi connectivity index (χ4n) is 1.62. The fourth-order valence-corrected chi connectivity index (χ4v) is 1.62. The summed E-state index contributed by atoms with van der Waals surface area (Å²) in [6.45, 7) is 0. The topological polar surface area (TPSA) is 232 Å². The van der Waals surface area contributed by atoms with Crippen LogP contribution in [0.5, 0.6) is 0 Å². The molecule has 0 aromatic carbocycles. The van der Waals surface area contributed by atoms with E-state index in [0.29, 0.717) is 0 Å². The van der Waals surface area contributed by atoms with Gasteiger partial charge >= 0.3 is 27.3 Å². The van der Waals surface area contributed by atoms with Crippen LogP contribution in [-0.4, -0.2) is 51.9 Å². The SMILES string of the molecule is N#CN=C=[N-].N#CN=C=[N-].[Cd+2].c1c[nH]c(-c2ncc[nH]2)n1.c1c[nH]c(-c2ncc[nH]2)n1. The van der Waals surface area contributed by atoms with Gasteiger partial charge in [-0.15, -0.1) is 12.0 Å². The Morgan fingerprint density at radius 3 is 0.968 bits per heavy atom. The third-order valence-corrected chi connectivity index (χ3v) is 2.64. The molecule has 0 spiro atoms. The van der Waals surface area contributed by atoms with E-state index >= 15 is 0 Å². The number of imidazole rings is 4. The van der Waals surface area contributed by atoms with Crippen LogP contribution in [0.15, 0.2) is 59.6 Å². The van der Waals surface area contributed by atoms with Crippen LogP contribution in [0.2, 0.25) is 0 Å². The van der Waals surface area contributed by atoms with Crippen molar-refractivity contribution in [2.24, 2.45) is 9.98 Å². The first-order valence-electron chi connectivity index (χ1n) is 7.70. The van der Waals surface area contributed by atoms with Crippen molar-refractivity contribution in [2.45, 2.75) is 0 Å². The van der Waals surface area contributed by atoms with E-state index in [2.05, 4.69) is 49.9 Å². The second-order valence-electron chi connectivity index (χ2n) is 4.37. The van der Waals surface area contributed by atoms with Crippen LogP contribution in [0.3, 0.4) is 0 Å². The molecule has 0 saturated carbocycles. The first-order chi connectivity index (χ1) is 14.8. The molecule has 14 nitrogen and oxygen atoms in total. The number of H-pyrrole nitrogens is 4. The van der Waals surface area contributed by atoms with Gasteiger partial charge in [0.25, 0.3) is 0 Å². The fraction of sp³-hybridized carbons (Fsp3) is 0. The molecule has 0 fully saturated rings. The van der Waals surface area contributed by atoms with Gasteiger partial charge in [0.15, 0.2) is 23.3 Å². The predicted molar refractivity (Wildman–Crippen MR) is 105 cm³/mol. The average Bonchev–Trinajstić information content (AvgIpc) is 3.58. The summed E-state index contributed by atoms with van der Waals surface area (Å²) in [5.41, 5.74) is 0. The monoisotopic (exact) mass is 514 g/mol. The van der Waals surface area contributed by atoms with Gasteiger partial charge < -0.3 is 40.7 Å². The number of hydrogen-bond donors (Lipinski definition) is 4. The van der Waals surface area contributed by atoms with Gasteiger partial charge in [-0.2, -0.15) is 10.5 Å². The molecule has 4 rings (SSSR count). The van der Waals surface area contributed by atoms with Crippen molar-refractivity contribution in [3.63, 3.8) is 0 Å². The molecule has 4 aromatic heterocycles. The van der Waals surface area contributed by atoms with E-state index in [1.165, 1.54) is 24.4 Å². The van der Waals surface area contributed by atoms with Crippen LogP contribution >= 0.6 is 0 Å². The van der Waals surface area contributed by atoms with Crippen molar-refractivity contribution in [3.8, 4) is 35.7 Å². The Balaban J connectivity index is 0.000000407. The molecule has 0 unspecified atom stereocenters. The molecular formula is C16H12CdN14. The van der Waals surface area contributed by atoms with Gasteiger partial charge in [0.05, 0.1) is 12.4 Å². The summed E-state index contributed by atoms with van der Waals surface area (Å²) in [7, 11) is 0. The maximum Gasteiger partial charge on any atom is 2.00 e. The molecule has 0 radical (unpaired) electrons. The zero-order chi connectivity index (χ0) is 21.9. The van der Waals surface area contributed by atoms with Gasteiger partial charge in [-0.25, -0.2) is 19.9 Å². The van der Waals surface area contributed by atoms with Crippen molar-refractivity contribution in [2.75, 3.05) is 0 Å². The van der Waals surface area contributed by atoms with Gasteiger partial charge in [-0.3, -0.25) is 0 Å². The van der Waals surface area contributed by atoms with Crippen LogP contribution in [-0.2, 0) is 27.3 Å². The van der Waals surface area contributed by atoms with Crippen LogP contribution in [0, 0.1) is 22.9 Å². The molecule has 31 heavy (non-hydrogen) atoms. The zero-order valence-electron chi connectivity index (χ0n) is 15.8. The summed E-state index contributed by atoms with van der Waals surface area (Å²) in [5, 5.41) is 29.7. The molecule has 0 bridgehead atoms. The van der Waals surface area contributed by atoms with Crippen LogP contribution in [0.25, 0.3) is 34.1 Å². The number of nitriles is 2. The minimum Gasteiger partial charge on any atom is -0.422 e. The second-order valence-corrected chi connectivity index (χ2v) is 4.37. The Kier molecular flexibility index (Phi) is 15.0. The van der Waals surface area contributed by atoms with E-state index in [1.54, 1.807) is 49.6 Å². The number of aliphatic imine (C=N–C) groups is 2. The number of nitrogens with zero attached hydrogens (tertiary/aromatic N) is 10. The van der Waals surface area contributed by atoms with Crippen LogP contribution < -0.4 is 0 Å². The Labute approximate surface area is 195 Å². The van der Waals surface area contributed by atoms with Crippen molar-refractivity contribution in [3.05, 3.63) is 60.4 Å². The molecule has 0 aliphatic carbocycles. The van der Waals surface area contributed by atoms with Crippen LogP contribution in [0.1, 0.15) is 0 Å². The molecule has 0 atom stereocenters. The van der Waals surface area contributed by atoms with Crippen molar-refractivity contribution < 1.29 is 27.3 Å². The maximum absolute atomic E-state index is 7.43. The molecule has 0 amide bonds. The summed E-state index contributed by atoms with van der Waals surface area (Å²) in [6, 6.07) is 2.56. The molecule has 0 aliphatic rings. The van der Waals surface area contributed by atoms with Crippen LogP contribution in [0.4, 0.5) is 0 Å². The Morgan fingerprint density at radius 1 is 0.613 bits per heavy atom. The average molecular weight is 513 g/mol. The molecule has 4 N–H and O–H groups in total. The zero-order valence-corrected chi connectivity index (χ0v) is 19.8. The molecule has 148 valence electrons. The van der Waals surface area contributed by atoms with E-state index in [0.717, 1.165) is 23.3 Å². The number of rotatable bonds is 2. The summed E-state index contributed by atoms with van der Waals surface area (Å²) in [6.07, 6.45) is 16.4. The summed E-state index contributed by atoms with van der Waals surface area (Å²) >= 11 is 0. The molecule has 0 saturated heterocycles. The smallest absolute Gasteiger partial charge is 0.422 e. The van der Waals surface area contributed by atoms with E-state index < -0.39 is 0 Å². The van der Waals surface area contributed by atoms with E-state index in [-0.39, 0.29) is 27.3 Å². The number of aromatic amines is 4. The van der Waals surface area contributed by atoms with Gasteiger partial charge in [0, 0.05) is 49.6 Å². The van der Waals surface area contributed by atoms with Gasteiger partial charge in [-0.1, -0.05) is 0 Å². The Bertz CT molecular complexity index is 946. The van der Waals surface area contributed by atoms with E-state index in [4.69, 9.17) is 21.3 Å². The van der Waals surface area contributed by atoms with E-state index in [9.17, 15) is 0 Å². The van der Waals surface area contributed by atoms with Crippen molar-refractivity contribution in [1.82, 2.24) is 39.9 Å². The van der Waals surface area contributed by atoms with Gasteiger partial charge in [0.1, 0.15) is 0 Å². The quantitative estimate of drug-likeness (QED) is 0.178. The summed E-state index contributed by atoms with van der Waals surface area (Å²) < 4.78 is 0. The van der Waals surface area contributed by atoms with E-state index in [1.807, 2.05) is 0 Å². The Hall–Kier alpha value is -4.50. The third-order valence-electron chi connectivity index (χ3n) is 2.64. The Morgan fingerprint density at radius 2 is 0.871 bits per heavy atom. The third kappa shape index (κ3) is 11.2. The number of hydrogen-bond acceptors (Lipinski definition) is 8. The molecule has 0 aliphatic heterocycles. The molecule has 4 aromatic rings. The standard InChI is InChI=1S/2C6H6N4.2C2N3.Cd/c2*1-2-8-5(7-1)6-9-3-4-10-6;2*3-1-5-2-4;/h2*1-4H,(H,7,8)(H,9,10);;;/q;;2*-1;+2.